The Morgan fingerprint density at radius 2 is 1.88 bits per heavy atom. The minimum absolute atomic E-state index is 0.0435. The van der Waals surface area contributed by atoms with Crippen LogP contribution in [-0.2, 0) is 20.9 Å². The van der Waals surface area contributed by atoms with E-state index in [-0.39, 0.29) is 43.1 Å². The number of benzene rings is 1. The quantitative estimate of drug-likeness (QED) is 0.414. The van der Waals surface area contributed by atoms with Crippen LogP contribution in [0.1, 0.15) is 51.3 Å². The number of nitrogens with zero attached hydrogens (tertiary/aromatic N) is 3. The zero-order valence-corrected chi connectivity index (χ0v) is 25.2. The number of aromatic nitrogens is 1. The second kappa shape index (κ2) is 13.1. The van der Waals surface area contributed by atoms with Crippen molar-refractivity contribution in [2.45, 2.75) is 71.7 Å². The van der Waals surface area contributed by atoms with Gasteiger partial charge in [-0.25, -0.2) is 4.98 Å². The lowest BCUT2D eigenvalue weighted by molar-refractivity contribution is -0.144. The topological polar surface area (TPSA) is 115 Å². The normalized spacial score (nSPS) is 20.8. The molecule has 3 heterocycles. The summed E-state index contributed by atoms with van der Waals surface area (Å²) in [6.07, 6.45) is 6.57. The van der Waals surface area contributed by atoms with Crippen LogP contribution in [0.15, 0.2) is 29.8 Å². The smallest absolute Gasteiger partial charge is 0.246 e. The molecular formula is C31H41N5O4S. The fourth-order valence-corrected chi connectivity index (χ4v) is 6.26. The van der Waals surface area contributed by atoms with Gasteiger partial charge in [0.2, 0.25) is 17.7 Å². The predicted molar refractivity (Wildman–Crippen MR) is 160 cm³/mol. The Kier molecular flexibility index (Phi) is 9.84. The number of terminal acetylenes is 1. The van der Waals surface area contributed by atoms with E-state index < -0.39 is 23.6 Å². The van der Waals surface area contributed by atoms with E-state index in [1.807, 2.05) is 62.4 Å². The summed E-state index contributed by atoms with van der Waals surface area (Å²) < 4.78 is 0. The minimum atomic E-state index is -0.846. The number of nitrogens with one attached hydrogen (secondary N) is 2. The van der Waals surface area contributed by atoms with Crippen molar-refractivity contribution in [3.8, 4) is 22.8 Å². The Hall–Kier alpha value is -3.26. The average Bonchev–Trinajstić information content (AvgIpc) is 3.55. The van der Waals surface area contributed by atoms with Gasteiger partial charge in [0, 0.05) is 25.4 Å². The van der Waals surface area contributed by atoms with Gasteiger partial charge in [-0.05, 0) is 49.4 Å². The summed E-state index contributed by atoms with van der Waals surface area (Å²) in [6.45, 7) is 9.63. The Labute approximate surface area is 246 Å². The van der Waals surface area contributed by atoms with Gasteiger partial charge in [0.1, 0.15) is 12.1 Å². The molecule has 2 aromatic rings. The predicted octanol–water partition coefficient (Wildman–Crippen LogP) is 2.57. The molecule has 10 heteroatoms. The number of carbonyl (C=O) groups excluding carboxylic acids is 3. The number of likely N-dealkylation sites (tertiary alicyclic amines) is 2. The number of thiazole rings is 1. The van der Waals surface area contributed by atoms with Gasteiger partial charge in [-0.1, -0.05) is 45.0 Å². The van der Waals surface area contributed by atoms with Crippen LogP contribution < -0.4 is 10.6 Å². The van der Waals surface area contributed by atoms with Crippen LogP contribution in [-0.4, -0.2) is 82.0 Å². The summed E-state index contributed by atoms with van der Waals surface area (Å²) in [7, 11) is 0. The Balaban J connectivity index is 1.37. The number of amides is 3. The number of aryl methyl sites for hydroxylation is 1. The average molecular weight is 580 g/mol. The molecule has 2 aliphatic rings. The maximum absolute atomic E-state index is 13.8. The maximum Gasteiger partial charge on any atom is 0.246 e. The number of aliphatic hydroxyl groups is 1. The fraction of sp³-hybridized carbons (Fsp3) is 0.548. The molecule has 4 rings (SSSR count). The van der Waals surface area contributed by atoms with Crippen molar-refractivity contribution in [2.75, 3.05) is 26.2 Å². The minimum Gasteiger partial charge on any atom is -0.391 e. The molecule has 0 saturated carbocycles. The van der Waals surface area contributed by atoms with E-state index >= 15 is 0 Å². The number of hydrogen-bond donors (Lipinski definition) is 3. The van der Waals surface area contributed by atoms with Crippen LogP contribution in [0, 0.1) is 30.6 Å². The summed E-state index contributed by atoms with van der Waals surface area (Å²) in [5.41, 5.74) is 4.20. The summed E-state index contributed by atoms with van der Waals surface area (Å²) in [6, 6.07) is 6.27. The maximum atomic E-state index is 13.8. The van der Waals surface area contributed by atoms with Gasteiger partial charge in [0.15, 0.2) is 0 Å². The van der Waals surface area contributed by atoms with Crippen molar-refractivity contribution in [1.82, 2.24) is 25.4 Å². The molecule has 3 amide bonds. The van der Waals surface area contributed by atoms with Gasteiger partial charge < -0.3 is 20.6 Å². The van der Waals surface area contributed by atoms with E-state index in [0.717, 1.165) is 47.6 Å². The Morgan fingerprint density at radius 1 is 1.20 bits per heavy atom. The molecule has 0 spiro atoms. The summed E-state index contributed by atoms with van der Waals surface area (Å²) in [5, 5.41) is 16.3. The zero-order chi connectivity index (χ0) is 29.7. The van der Waals surface area contributed by atoms with Crippen molar-refractivity contribution in [1.29, 1.82) is 0 Å². The van der Waals surface area contributed by atoms with Crippen molar-refractivity contribution < 1.29 is 19.5 Å². The van der Waals surface area contributed by atoms with Crippen LogP contribution in [0.2, 0.25) is 0 Å². The number of carbonyl (C=O) groups is 3. The van der Waals surface area contributed by atoms with Crippen LogP contribution in [0.25, 0.3) is 10.4 Å². The highest BCUT2D eigenvalue weighted by molar-refractivity contribution is 7.13. The van der Waals surface area contributed by atoms with Gasteiger partial charge in [-0.15, -0.1) is 23.7 Å². The molecule has 0 radical (unpaired) electrons. The lowest BCUT2D eigenvalue weighted by atomic mass is 9.85. The molecule has 2 saturated heterocycles. The van der Waals surface area contributed by atoms with Gasteiger partial charge in [-0.3, -0.25) is 19.3 Å². The molecule has 0 unspecified atom stereocenters. The third kappa shape index (κ3) is 7.73. The van der Waals surface area contributed by atoms with E-state index in [1.54, 1.807) is 11.3 Å². The van der Waals surface area contributed by atoms with Crippen LogP contribution in [0.4, 0.5) is 0 Å². The van der Waals surface area contributed by atoms with E-state index in [2.05, 4.69) is 21.5 Å². The second-order valence-electron chi connectivity index (χ2n) is 12.2. The third-order valence-corrected chi connectivity index (χ3v) is 8.88. The summed E-state index contributed by atoms with van der Waals surface area (Å²) >= 11 is 1.59. The first kappa shape index (κ1) is 30.7. The lowest BCUT2D eigenvalue weighted by Gasteiger charge is -2.36. The van der Waals surface area contributed by atoms with Crippen molar-refractivity contribution in [3.05, 3.63) is 41.0 Å². The molecule has 3 atom stereocenters. The molecule has 41 heavy (non-hydrogen) atoms. The SMILES string of the molecule is C#CC1CCN(CC(=O)N[C@H](C(=O)N2C[C@H](O)C[C@H]2C(=O)NCc2ccc(-c3scnc3C)cc2)C(C)(C)C)CC1. The number of piperidine rings is 1. The first-order chi connectivity index (χ1) is 19.5. The van der Waals surface area contributed by atoms with Crippen molar-refractivity contribution in [3.63, 3.8) is 0 Å². The number of aliphatic hydroxyl groups excluding tert-OH is 1. The third-order valence-electron chi connectivity index (χ3n) is 7.90. The zero-order valence-electron chi connectivity index (χ0n) is 24.4. The van der Waals surface area contributed by atoms with Crippen LogP contribution >= 0.6 is 11.3 Å². The first-order valence-corrected chi connectivity index (χ1v) is 15.1. The van der Waals surface area contributed by atoms with Gasteiger partial charge in [0.05, 0.1) is 28.7 Å². The van der Waals surface area contributed by atoms with Crippen LogP contribution in [0.5, 0.6) is 0 Å². The standard InChI is InChI=1S/C31H41N5O4S/c1-6-21-11-13-35(14-12-21)18-26(38)34-28(31(3,4)5)30(40)36-17-24(37)15-25(36)29(39)32-16-22-7-9-23(10-8-22)27-20(2)33-19-41-27/h1,7-10,19,21,24-25,28,37H,11-18H2,2-5H3,(H,32,39)(H,34,38)/t24-,25+,28-/m1/s1. The van der Waals surface area contributed by atoms with Crippen molar-refractivity contribution >= 4 is 29.1 Å². The second-order valence-corrected chi connectivity index (χ2v) is 13.0. The highest BCUT2D eigenvalue weighted by Crippen LogP contribution is 2.28. The highest BCUT2D eigenvalue weighted by Gasteiger charge is 2.44. The van der Waals surface area contributed by atoms with Gasteiger partial charge in [-0.2, -0.15) is 0 Å². The number of hydrogen-bond acceptors (Lipinski definition) is 7. The summed E-state index contributed by atoms with van der Waals surface area (Å²) in [4.78, 5) is 48.9. The summed E-state index contributed by atoms with van der Waals surface area (Å²) in [5.74, 6) is 2.10. The molecule has 2 aliphatic heterocycles. The largest absolute Gasteiger partial charge is 0.391 e. The lowest BCUT2D eigenvalue weighted by Crippen LogP contribution is -2.58. The number of rotatable bonds is 8. The molecular weight excluding hydrogens is 538 g/mol. The molecule has 1 aromatic heterocycles. The van der Waals surface area contributed by atoms with Crippen molar-refractivity contribution in [2.24, 2.45) is 11.3 Å². The molecule has 220 valence electrons. The first-order valence-electron chi connectivity index (χ1n) is 14.2. The van der Waals surface area contributed by atoms with E-state index in [0.29, 0.717) is 6.54 Å². The van der Waals surface area contributed by atoms with E-state index in [4.69, 9.17) is 6.42 Å². The monoisotopic (exact) mass is 579 g/mol. The van der Waals surface area contributed by atoms with Gasteiger partial charge >= 0.3 is 0 Å². The number of β-amino-alcohol motifs (C(OH)–C–C–N with tert-alkyl or cyclic N) is 1. The van der Waals surface area contributed by atoms with Gasteiger partial charge in [0.25, 0.3) is 0 Å². The highest BCUT2D eigenvalue weighted by atomic mass is 32.1. The Morgan fingerprint density at radius 3 is 2.46 bits per heavy atom. The van der Waals surface area contributed by atoms with Crippen LogP contribution in [0.3, 0.4) is 0 Å². The molecule has 0 aliphatic carbocycles. The molecule has 1 aromatic carbocycles. The molecule has 3 N–H and O–H groups in total. The molecule has 2 fully saturated rings. The fourth-order valence-electron chi connectivity index (χ4n) is 5.45. The molecule has 9 nitrogen and oxygen atoms in total. The van der Waals surface area contributed by atoms with E-state index in [1.165, 1.54) is 4.90 Å². The van der Waals surface area contributed by atoms with E-state index in [9.17, 15) is 19.5 Å². The molecule has 0 bridgehead atoms. The Bertz CT molecular complexity index is 1270.